The lowest BCUT2D eigenvalue weighted by Gasteiger charge is -2.51. The van der Waals surface area contributed by atoms with Crippen LogP contribution in [0.4, 0.5) is 0 Å². The topological polar surface area (TPSA) is 61.3 Å². The lowest BCUT2D eigenvalue weighted by molar-refractivity contribution is 0.168. The van der Waals surface area contributed by atoms with E-state index < -0.39 is 24.8 Å². The zero-order chi connectivity index (χ0) is 26.3. The number of halogens is 1. The van der Waals surface area contributed by atoms with Gasteiger partial charge >= 0.3 is 0 Å². The third-order valence-electron chi connectivity index (χ3n) is 5.20. The van der Waals surface area contributed by atoms with E-state index >= 15 is 0 Å². The molecule has 0 radical (unpaired) electrons. The van der Waals surface area contributed by atoms with Gasteiger partial charge in [-0.2, -0.15) is 4.52 Å². The summed E-state index contributed by atoms with van der Waals surface area (Å²) >= 11 is 0. The second-order valence-electron chi connectivity index (χ2n) is 11.3. The number of hydrogen-bond acceptors (Lipinski definition) is 9. The van der Waals surface area contributed by atoms with Crippen molar-refractivity contribution in [1.82, 2.24) is 28.5 Å². The van der Waals surface area contributed by atoms with Crippen molar-refractivity contribution in [3.05, 3.63) is 23.3 Å². The van der Waals surface area contributed by atoms with Gasteiger partial charge in [0.1, 0.15) is 11.5 Å². The second-order valence-corrected chi connectivity index (χ2v) is 17.8. The van der Waals surface area contributed by atoms with Crippen LogP contribution in [0.2, 0.25) is 0 Å². The van der Waals surface area contributed by atoms with E-state index in [2.05, 4.69) is 126 Å². The monoisotopic (exact) mass is 569 g/mol. The summed E-state index contributed by atoms with van der Waals surface area (Å²) in [7, 11) is 13.0. The van der Waals surface area contributed by atoms with Gasteiger partial charge in [-0.05, 0) is 51.2 Å². The van der Waals surface area contributed by atoms with Crippen LogP contribution < -0.4 is 4.52 Å². The Bertz CT molecular complexity index is 867. The number of hydrazine groups is 2. The van der Waals surface area contributed by atoms with Crippen LogP contribution in [0.15, 0.2) is 16.6 Å². The lowest BCUT2D eigenvalue weighted by atomic mass is 9.79. The summed E-state index contributed by atoms with van der Waals surface area (Å²) in [6.45, 7) is 12.7. The molecule has 204 valence electrons. The van der Waals surface area contributed by atoms with Crippen molar-refractivity contribution in [3.63, 3.8) is 0 Å². The van der Waals surface area contributed by atoms with E-state index in [0.717, 1.165) is 16.9 Å². The number of hydrogen-bond donors (Lipinski definition) is 1. The Labute approximate surface area is 223 Å². The van der Waals surface area contributed by atoms with E-state index in [9.17, 15) is 5.11 Å². The molecule has 1 aromatic carbocycles. The molecule has 0 fully saturated rings. The molecule has 0 spiro atoms. The SMILES string of the molecule is CN(C)N1P(N(C)C)N=[PH](Oc2cc(C(C)(C)C)c(O)c(C(C)(C)C)c2)N(N(C)C)P1N(C)C.Cl. The Kier molecular flexibility index (Phi) is 11.5. The van der Waals surface area contributed by atoms with Crippen LogP contribution >= 0.6 is 37.2 Å². The van der Waals surface area contributed by atoms with Gasteiger partial charge < -0.3 is 9.63 Å². The normalized spacial score (nSPS) is 22.6. The fraction of sp³-hybridized carbons (Fsp3) is 0.727. The summed E-state index contributed by atoms with van der Waals surface area (Å²) in [6.07, 6.45) is 0. The zero-order valence-corrected chi connectivity index (χ0v) is 27.5. The fourth-order valence-electron chi connectivity index (χ4n) is 3.59. The van der Waals surface area contributed by atoms with Gasteiger partial charge in [0.15, 0.2) is 16.7 Å². The molecule has 3 unspecified atom stereocenters. The van der Waals surface area contributed by atoms with Gasteiger partial charge in [-0.1, -0.05) is 41.5 Å². The van der Waals surface area contributed by atoms with Crippen molar-refractivity contribution in [3.8, 4) is 11.5 Å². The van der Waals surface area contributed by atoms with E-state index in [4.69, 9.17) is 9.04 Å². The van der Waals surface area contributed by atoms with E-state index in [1.165, 1.54) is 0 Å². The Balaban J connectivity index is 0.00000612. The van der Waals surface area contributed by atoms with Crippen molar-refractivity contribution in [2.24, 2.45) is 4.52 Å². The minimum atomic E-state index is -1.82. The first-order valence-electron chi connectivity index (χ1n) is 11.4. The number of rotatable bonds is 6. The maximum Gasteiger partial charge on any atom is 0.216 e. The van der Waals surface area contributed by atoms with E-state index in [-0.39, 0.29) is 23.2 Å². The highest BCUT2D eigenvalue weighted by Gasteiger charge is 2.44. The van der Waals surface area contributed by atoms with Crippen LogP contribution in [0, 0.1) is 0 Å². The summed E-state index contributed by atoms with van der Waals surface area (Å²) < 4.78 is 21.2. The van der Waals surface area contributed by atoms with Crippen LogP contribution in [0.1, 0.15) is 52.7 Å². The highest BCUT2D eigenvalue weighted by molar-refractivity contribution is 7.75. The molecule has 1 aliphatic rings. The number of nitrogens with zero attached hydrogens (tertiary/aromatic N) is 7. The molecule has 3 atom stereocenters. The zero-order valence-electron chi connectivity index (χ0n) is 23.9. The lowest BCUT2D eigenvalue weighted by Crippen LogP contribution is -2.44. The summed E-state index contributed by atoms with van der Waals surface area (Å²) in [5.41, 5.74) is 1.34. The maximum atomic E-state index is 11.1. The maximum absolute atomic E-state index is 11.1. The van der Waals surface area contributed by atoms with E-state index in [0.29, 0.717) is 5.75 Å². The quantitative estimate of drug-likeness (QED) is 0.409. The van der Waals surface area contributed by atoms with Crippen molar-refractivity contribution in [1.29, 1.82) is 0 Å². The Morgan fingerprint density at radius 2 is 1.29 bits per heavy atom. The molecular weight excluding hydrogens is 523 g/mol. The molecular formula is C22H47ClN7O2P3. The molecule has 1 N–H and O–H groups in total. The Morgan fingerprint density at radius 3 is 1.60 bits per heavy atom. The van der Waals surface area contributed by atoms with Gasteiger partial charge in [0.25, 0.3) is 0 Å². The third kappa shape index (κ3) is 7.51. The predicted molar refractivity (Wildman–Crippen MR) is 156 cm³/mol. The molecule has 9 nitrogen and oxygen atoms in total. The molecule has 0 aromatic heterocycles. The first kappa shape index (κ1) is 33.0. The predicted octanol–water partition coefficient (Wildman–Crippen LogP) is 6.16. The fourth-order valence-corrected chi connectivity index (χ4v) is 12.8. The second kappa shape index (κ2) is 12.2. The van der Waals surface area contributed by atoms with E-state index in [1.807, 2.05) is 12.1 Å². The largest absolute Gasteiger partial charge is 0.507 e. The van der Waals surface area contributed by atoms with Gasteiger partial charge in [0.2, 0.25) is 8.09 Å². The summed E-state index contributed by atoms with van der Waals surface area (Å²) in [5.74, 6) is 1.12. The van der Waals surface area contributed by atoms with Gasteiger partial charge in [-0.3, -0.25) is 9.34 Å². The van der Waals surface area contributed by atoms with Crippen molar-refractivity contribution in [2.75, 3.05) is 56.4 Å². The average Bonchev–Trinajstić information content (AvgIpc) is 2.65. The average molecular weight is 570 g/mol. The van der Waals surface area contributed by atoms with Gasteiger partial charge in [-0.15, -0.1) is 21.5 Å². The number of phenols is 1. The van der Waals surface area contributed by atoms with Crippen molar-refractivity contribution < 1.29 is 9.63 Å². The standard InChI is InChI=1S/C22H46N7O2P3.ClH/c1-21(2,3)18-15-17(16-19(20(18)30)22(4,5)6)31-33-23-32(26(11)12)28(24(7)8)34(27(13)14)29(33)25(9)10;/h15-16,30,33H,1-14H3;1H. The van der Waals surface area contributed by atoms with Crippen LogP contribution in [-0.4, -0.2) is 89.9 Å². The smallest absolute Gasteiger partial charge is 0.216 e. The molecule has 0 saturated carbocycles. The van der Waals surface area contributed by atoms with Gasteiger partial charge in [0.05, 0.1) is 0 Å². The molecule has 0 saturated heterocycles. The molecule has 13 heteroatoms. The number of benzene rings is 1. The van der Waals surface area contributed by atoms with Crippen molar-refractivity contribution in [2.45, 2.75) is 52.4 Å². The highest BCUT2D eigenvalue weighted by atomic mass is 35.5. The molecule has 1 aliphatic heterocycles. The molecule has 1 heterocycles. The van der Waals surface area contributed by atoms with E-state index in [1.54, 1.807) is 0 Å². The molecule has 2 rings (SSSR count). The summed E-state index contributed by atoms with van der Waals surface area (Å²) in [6, 6.07) is 4.00. The minimum Gasteiger partial charge on any atom is -0.507 e. The molecule has 1 aromatic rings. The molecule has 0 amide bonds. The molecule has 0 aliphatic carbocycles. The molecule has 0 bridgehead atoms. The van der Waals surface area contributed by atoms with Crippen LogP contribution in [0.5, 0.6) is 11.5 Å². The number of phenolic OH excluding ortho intramolecular Hbond substituents is 1. The van der Waals surface area contributed by atoms with Gasteiger partial charge in [-0.25, -0.2) is 10.0 Å². The third-order valence-corrected chi connectivity index (χ3v) is 13.2. The Morgan fingerprint density at radius 1 is 0.829 bits per heavy atom. The number of aromatic hydroxyl groups is 1. The van der Waals surface area contributed by atoms with Crippen molar-refractivity contribution >= 4 is 37.2 Å². The highest BCUT2D eigenvalue weighted by Crippen LogP contribution is 2.72. The molecule has 35 heavy (non-hydrogen) atoms. The van der Waals surface area contributed by atoms with Crippen LogP contribution in [0.3, 0.4) is 0 Å². The van der Waals surface area contributed by atoms with Gasteiger partial charge in [0, 0.05) is 39.3 Å². The first-order chi connectivity index (χ1) is 15.4. The summed E-state index contributed by atoms with van der Waals surface area (Å²) in [4.78, 5) is 0. The minimum absolute atomic E-state index is 0. The Hall–Kier alpha value is -0.0400. The van der Waals surface area contributed by atoms with Crippen LogP contribution in [0.25, 0.3) is 0 Å². The summed E-state index contributed by atoms with van der Waals surface area (Å²) in [5, 5.41) is 15.4. The first-order valence-corrected chi connectivity index (χ1v) is 15.1. The van der Waals surface area contributed by atoms with Crippen LogP contribution in [-0.2, 0) is 10.8 Å².